The van der Waals surface area contributed by atoms with E-state index in [4.69, 9.17) is 13.8 Å². The van der Waals surface area contributed by atoms with Crippen molar-refractivity contribution in [1.82, 2.24) is 15.0 Å². The Morgan fingerprint density at radius 2 is 0.900 bits per heavy atom. The van der Waals surface area contributed by atoms with Crippen LogP contribution in [0.25, 0.3) is 100 Å². The number of benzene rings is 6. The Kier molecular flexibility index (Phi) is 6.42. The monoisotopic (exact) mass is 641 g/mol. The lowest BCUT2D eigenvalue weighted by atomic mass is 9.97. The average Bonchev–Trinajstić information content (AvgIpc) is 3.76. The van der Waals surface area contributed by atoms with E-state index in [0.29, 0.717) is 11.5 Å². The van der Waals surface area contributed by atoms with Gasteiger partial charge in [-0.15, -0.1) is 0 Å². The molecule has 0 unspecified atom stereocenters. The molecular weight excluding hydrogens is 615 g/mol. The van der Waals surface area contributed by atoms with Gasteiger partial charge in [-0.25, -0.2) is 15.0 Å². The molecule has 5 nitrogen and oxygen atoms in total. The van der Waals surface area contributed by atoms with Gasteiger partial charge < -0.3 is 8.83 Å². The van der Waals surface area contributed by atoms with Gasteiger partial charge in [0.15, 0.2) is 5.82 Å². The normalized spacial score (nSPS) is 11.6. The molecule has 50 heavy (non-hydrogen) atoms. The van der Waals surface area contributed by atoms with E-state index >= 15 is 0 Å². The van der Waals surface area contributed by atoms with Crippen molar-refractivity contribution in [2.45, 2.75) is 0 Å². The van der Waals surface area contributed by atoms with Crippen molar-refractivity contribution in [2.24, 2.45) is 0 Å². The molecule has 0 N–H and O–H groups in total. The Balaban J connectivity index is 0.968. The molecule has 10 rings (SSSR count). The third kappa shape index (κ3) is 4.83. The lowest BCUT2D eigenvalue weighted by Gasteiger charge is -2.09. The van der Waals surface area contributed by atoms with Crippen molar-refractivity contribution in [3.8, 4) is 56.0 Å². The van der Waals surface area contributed by atoms with Gasteiger partial charge >= 0.3 is 0 Å². The first kappa shape index (κ1) is 28.2. The fourth-order valence-corrected chi connectivity index (χ4v) is 6.93. The average molecular weight is 642 g/mol. The lowest BCUT2D eigenvalue weighted by Crippen LogP contribution is -1.92. The van der Waals surface area contributed by atoms with Gasteiger partial charge in [0.1, 0.15) is 16.7 Å². The van der Waals surface area contributed by atoms with E-state index in [-0.39, 0.29) is 0 Å². The summed E-state index contributed by atoms with van der Waals surface area (Å²) in [6.45, 7) is 0. The van der Waals surface area contributed by atoms with Gasteiger partial charge in [0, 0.05) is 45.1 Å². The van der Waals surface area contributed by atoms with Crippen molar-refractivity contribution in [3.63, 3.8) is 0 Å². The van der Waals surface area contributed by atoms with Crippen molar-refractivity contribution < 1.29 is 8.83 Å². The van der Waals surface area contributed by atoms with Gasteiger partial charge in [0.25, 0.3) is 0 Å². The predicted molar refractivity (Wildman–Crippen MR) is 202 cm³/mol. The van der Waals surface area contributed by atoms with Crippen LogP contribution in [0.15, 0.2) is 173 Å². The SMILES string of the molecule is c1cc(-c2cccc(-c3nccc(-c4cccc(-c5ccc6oc7ccccc7c6c5)c4)n3)c2)cc(-c2ccc3oc4ncccc4c3c2)c1. The van der Waals surface area contributed by atoms with Gasteiger partial charge in [-0.2, -0.15) is 0 Å². The molecular formula is C45H27N3O2. The molecule has 0 radical (unpaired) electrons. The summed E-state index contributed by atoms with van der Waals surface area (Å²) in [5.41, 5.74) is 12.9. The lowest BCUT2D eigenvalue weighted by molar-refractivity contribution is 0.654. The van der Waals surface area contributed by atoms with Crippen LogP contribution in [0.3, 0.4) is 0 Å². The smallest absolute Gasteiger partial charge is 0.227 e. The zero-order chi connectivity index (χ0) is 33.0. The molecule has 0 aliphatic rings. The minimum atomic E-state index is 0.658. The molecule has 234 valence electrons. The number of hydrogen-bond donors (Lipinski definition) is 0. The number of aromatic nitrogens is 3. The summed E-state index contributed by atoms with van der Waals surface area (Å²) < 4.78 is 12.0. The number of hydrogen-bond acceptors (Lipinski definition) is 5. The Hall–Kier alpha value is -6.85. The van der Waals surface area contributed by atoms with Crippen molar-refractivity contribution in [3.05, 3.63) is 164 Å². The highest BCUT2D eigenvalue weighted by Gasteiger charge is 2.13. The van der Waals surface area contributed by atoms with Crippen LogP contribution in [0.2, 0.25) is 0 Å². The molecule has 0 aliphatic heterocycles. The van der Waals surface area contributed by atoms with Gasteiger partial charge in [0.2, 0.25) is 5.71 Å². The quantitative estimate of drug-likeness (QED) is 0.187. The molecule has 4 heterocycles. The van der Waals surface area contributed by atoms with Crippen LogP contribution in [0, 0.1) is 0 Å². The highest BCUT2D eigenvalue weighted by Crippen LogP contribution is 2.36. The van der Waals surface area contributed by atoms with E-state index in [0.717, 1.165) is 88.5 Å². The summed E-state index contributed by atoms with van der Waals surface area (Å²) >= 11 is 0. The molecule has 6 aromatic carbocycles. The molecule has 10 aromatic rings. The zero-order valence-electron chi connectivity index (χ0n) is 26.7. The summed E-state index contributed by atoms with van der Waals surface area (Å²) in [5.74, 6) is 0.683. The van der Waals surface area contributed by atoms with Gasteiger partial charge in [-0.05, 0) is 100 Å². The fourth-order valence-electron chi connectivity index (χ4n) is 6.93. The van der Waals surface area contributed by atoms with Crippen LogP contribution in [0.4, 0.5) is 0 Å². The maximum absolute atomic E-state index is 6.06. The molecule has 5 heteroatoms. The number of para-hydroxylation sites is 1. The first-order valence-electron chi connectivity index (χ1n) is 16.6. The summed E-state index contributed by atoms with van der Waals surface area (Å²) in [6, 6.07) is 52.4. The molecule has 0 saturated carbocycles. The van der Waals surface area contributed by atoms with Gasteiger partial charge in [-0.1, -0.05) is 84.9 Å². The van der Waals surface area contributed by atoms with Gasteiger partial charge in [0.05, 0.1) is 5.69 Å². The van der Waals surface area contributed by atoms with Crippen molar-refractivity contribution in [1.29, 1.82) is 0 Å². The number of pyridine rings is 1. The third-order valence-electron chi connectivity index (χ3n) is 9.42. The number of nitrogens with zero attached hydrogens (tertiary/aromatic N) is 3. The van der Waals surface area contributed by atoms with E-state index in [9.17, 15) is 0 Å². The molecule has 0 aliphatic carbocycles. The highest BCUT2D eigenvalue weighted by molar-refractivity contribution is 6.06. The second kappa shape index (κ2) is 11.4. The maximum atomic E-state index is 6.06. The van der Waals surface area contributed by atoms with Crippen LogP contribution in [0.5, 0.6) is 0 Å². The minimum Gasteiger partial charge on any atom is -0.456 e. The number of furan rings is 2. The van der Waals surface area contributed by atoms with Crippen LogP contribution in [0.1, 0.15) is 0 Å². The maximum Gasteiger partial charge on any atom is 0.227 e. The molecule has 0 amide bonds. The second-order valence-electron chi connectivity index (χ2n) is 12.5. The molecule has 0 bridgehead atoms. The highest BCUT2D eigenvalue weighted by atomic mass is 16.3. The molecule has 0 spiro atoms. The largest absolute Gasteiger partial charge is 0.456 e. The van der Waals surface area contributed by atoms with Crippen LogP contribution < -0.4 is 0 Å². The topological polar surface area (TPSA) is 65.0 Å². The Morgan fingerprint density at radius 1 is 0.340 bits per heavy atom. The Bertz CT molecular complexity index is 2700. The van der Waals surface area contributed by atoms with Crippen LogP contribution >= 0.6 is 0 Å². The van der Waals surface area contributed by atoms with Crippen molar-refractivity contribution in [2.75, 3.05) is 0 Å². The van der Waals surface area contributed by atoms with E-state index in [1.807, 2.05) is 42.6 Å². The molecule has 0 saturated heterocycles. The predicted octanol–water partition coefficient (Wildman–Crippen LogP) is 12.0. The number of fused-ring (bicyclic) bond motifs is 6. The summed E-state index contributed by atoms with van der Waals surface area (Å²) in [6.07, 6.45) is 3.60. The minimum absolute atomic E-state index is 0.658. The summed E-state index contributed by atoms with van der Waals surface area (Å²) in [7, 11) is 0. The fraction of sp³-hybridized carbons (Fsp3) is 0. The standard InChI is InChI=1S/C45H27N3O2/c1-2-15-41-36(13-1)38-26-32(16-18-42(38)49-41)30-9-4-11-34(24-30)40-20-22-46-44(48-40)35-12-5-10-31(25-35)28-7-3-8-29(23-28)33-17-19-43-39(27-33)37-14-6-21-47-45(37)50-43/h1-27H. The third-order valence-corrected chi connectivity index (χ3v) is 9.42. The second-order valence-corrected chi connectivity index (χ2v) is 12.5. The summed E-state index contributed by atoms with van der Waals surface area (Å²) in [4.78, 5) is 14.1. The van der Waals surface area contributed by atoms with Gasteiger partial charge in [-0.3, -0.25) is 0 Å². The molecule has 0 fully saturated rings. The summed E-state index contributed by atoms with van der Waals surface area (Å²) in [5, 5.41) is 4.32. The first-order valence-corrected chi connectivity index (χ1v) is 16.6. The molecule has 4 aromatic heterocycles. The van der Waals surface area contributed by atoms with E-state index in [1.165, 1.54) is 0 Å². The van der Waals surface area contributed by atoms with E-state index < -0.39 is 0 Å². The van der Waals surface area contributed by atoms with Crippen LogP contribution in [-0.4, -0.2) is 15.0 Å². The first-order chi connectivity index (χ1) is 24.7. The van der Waals surface area contributed by atoms with Crippen LogP contribution in [-0.2, 0) is 0 Å². The zero-order valence-corrected chi connectivity index (χ0v) is 26.7. The van der Waals surface area contributed by atoms with E-state index in [1.54, 1.807) is 6.20 Å². The van der Waals surface area contributed by atoms with E-state index in [2.05, 4.69) is 125 Å². The Morgan fingerprint density at radius 3 is 1.66 bits per heavy atom. The number of rotatable bonds is 5. The van der Waals surface area contributed by atoms with Crippen molar-refractivity contribution >= 4 is 44.0 Å². The Labute approximate surface area is 287 Å². The molecule has 0 atom stereocenters.